The maximum atomic E-state index is 13.0. The molecule has 0 fully saturated rings. The smallest absolute Gasteiger partial charge is 0.149 e. The van der Waals surface area contributed by atoms with Crippen molar-refractivity contribution in [3.8, 4) is 67.5 Å². The Balaban J connectivity index is 1.56. The highest BCUT2D eigenvalue weighted by Gasteiger charge is 2.29. The van der Waals surface area contributed by atoms with Crippen LogP contribution in [0.25, 0.3) is 72.7 Å². The number of phenolic OH excluding ortho intramolecular Hbond substituents is 1. The van der Waals surface area contributed by atoms with Crippen LogP contribution in [-0.4, -0.2) is 19.6 Å². The van der Waals surface area contributed by atoms with Gasteiger partial charge < -0.3 is 5.11 Å². The van der Waals surface area contributed by atoms with Gasteiger partial charge in [-0.1, -0.05) is 166 Å². The van der Waals surface area contributed by atoms with Crippen LogP contribution in [0.15, 0.2) is 140 Å². The first-order chi connectivity index (χ1) is 38.5. The number of rotatable bonds is 8. The van der Waals surface area contributed by atoms with Crippen LogP contribution >= 0.6 is 0 Å². The van der Waals surface area contributed by atoms with E-state index in [-0.39, 0.29) is 28.6 Å². The summed E-state index contributed by atoms with van der Waals surface area (Å²) in [5, 5.41) is 13.0. The SMILES string of the molecule is [2H]C([2H])([2H])c1ccc(-c2ccnc(-c3cc(-c4cccc5c4nc(-c4cc(C(C([2H])([2H])[2H])(C([2H])([2H])[2H])C([2H])([2H])[2H])cc(C(C([2H])([2H])[2H])(C([2H])([2H])[2H])C([2H])([2H])[2H])c4O)n5-c4ccc(-c5ccccc5)c(CC(C)C)c4)cc(C(C)(C)C)c3)c2)cc1. The summed E-state index contributed by atoms with van der Waals surface area (Å²) in [6.45, 7) is -16.8. The van der Waals surface area contributed by atoms with E-state index in [4.69, 9.17) is 38.8 Å². The van der Waals surface area contributed by atoms with E-state index in [0.29, 0.717) is 40.6 Å². The van der Waals surface area contributed by atoms with E-state index in [0.717, 1.165) is 33.4 Å². The lowest BCUT2D eigenvalue weighted by molar-refractivity contribution is 0.446. The fraction of sp³-hybridized carbons (Fsp3) is 0.288. The van der Waals surface area contributed by atoms with Crippen LogP contribution in [0.5, 0.6) is 5.75 Å². The highest BCUT2D eigenvalue weighted by molar-refractivity contribution is 5.97. The van der Waals surface area contributed by atoms with Crippen LogP contribution in [0.3, 0.4) is 0 Å². The average Bonchev–Trinajstić information content (AvgIpc) is 0.833. The Hall–Kier alpha value is -6.26. The van der Waals surface area contributed by atoms with Crippen molar-refractivity contribution in [1.82, 2.24) is 14.5 Å². The summed E-state index contributed by atoms with van der Waals surface area (Å²) in [6, 6.07) is 37.0. The predicted octanol–water partition coefficient (Wildman–Crippen LogP) is 15.9. The molecule has 0 aliphatic heterocycles. The number of hydrogen-bond acceptors (Lipinski definition) is 3. The Morgan fingerprint density at radius 3 is 2.03 bits per heavy atom. The second kappa shape index (κ2) is 16.5. The van der Waals surface area contributed by atoms with Gasteiger partial charge in [0.15, 0.2) is 0 Å². The predicted molar refractivity (Wildman–Crippen MR) is 267 cm³/mol. The van der Waals surface area contributed by atoms with Crippen molar-refractivity contribution in [2.45, 2.75) is 105 Å². The van der Waals surface area contributed by atoms with Crippen LogP contribution < -0.4 is 0 Å². The molecule has 0 unspecified atom stereocenters. The maximum absolute atomic E-state index is 13.0. The summed E-state index contributed by atoms with van der Waals surface area (Å²) >= 11 is 0. The Morgan fingerprint density at radius 2 is 1.33 bits per heavy atom. The molecule has 4 heteroatoms. The molecule has 0 radical (unpaired) electrons. The number of aryl methyl sites for hydroxylation is 1. The summed E-state index contributed by atoms with van der Waals surface area (Å²) in [4.78, 5) is 9.92. The van der Waals surface area contributed by atoms with Crippen molar-refractivity contribution < 1.29 is 33.9 Å². The van der Waals surface area contributed by atoms with Crippen LogP contribution in [-0.2, 0) is 22.7 Å². The first-order valence-electron chi connectivity index (χ1n) is 31.3. The van der Waals surface area contributed by atoms with E-state index < -0.39 is 92.5 Å². The number of fused-ring (bicyclic) bond motifs is 1. The third-order valence-electron chi connectivity index (χ3n) is 11.3. The molecule has 2 heterocycles. The van der Waals surface area contributed by atoms with E-state index in [9.17, 15) is 5.11 Å². The zero-order valence-electron chi connectivity index (χ0n) is 56.9. The zero-order valence-corrected chi connectivity index (χ0v) is 35.9. The van der Waals surface area contributed by atoms with Gasteiger partial charge in [0.05, 0.1) is 22.3 Å². The number of aromatic nitrogens is 3. The molecular formula is C59H63N3O. The van der Waals surface area contributed by atoms with Crippen molar-refractivity contribution in [2.24, 2.45) is 5.92 Å². The van der Waals surface area contributed by atoms with Crippen LogP contribution in [0.4, 0.5) is 0 Å². The second-order valence-electron chi connectivity index (χ2n) is 17.7. The molecular weight excluding hydrogens is 767 g/mol. The van der Waals surface area contributed by atoms with E-state index in [1.807, 2.05) is 101 Å². The Kier molecular flexibility index (Phi) is 6.41. The minimum absolute atomic E-state index is 0.0681. The van der Waals surface area contributed by atoms with Crippen LogP contribution in [0.2, 0.25) is 0 Å². The van der Waals surface area contributed by atoms with E-state index in [1.54, 1.807) is 60.8 Å². The standard InChI is InChI=1S/C59H63N3O/c1-37(2)29-42-33-47(25-26-48(42)40-17-14-13-15-18-40)62-53-20-16-19-49(54(53)61-56(62)50-35-46(58(7,8)9)36-51(55(50)63)59(10,11)12)43-30-44(32-45(31-43)57(4,5)6)52-34-41(27-28-60-52)39-23-21-38(3)22-24-39/h13-28,30-37,63H,29H2,1-12H3/i3D3,7D3,8D3,9D3,10D3,11D3,12D3. The molecule has 0 atom stereocenters. The monoisotopic (exact) mass is 851 g/mol. The molecule has 4 nitrogen and oxygen atoms in total. The first-order valence-corrected chi connectivity index (χ1v) is 20.8. The maximum Gasteiger partial charge on any atom is 0.149 e. The molecule has 320 valence electrons. The van der Waals surface area contributed by atoms with Gasteiger partial charge in [0.1, 0.15) is 11.6 Å². The van der Waals surface area contributed by atoms with Crippen molar-refractivity contribution in [1.29, 1.82) is 0 Å². The van der Waals surface area contributed by atoms with E-state index in [1.165, 1.54) is 4.57 Å². The van der Waals surface area contributed by atoms with Crippen molar-refractivity contribution in [2.75, 3.05) is 0 Å². The molecule has 8 rings (SSSR count). The Bertz CT molecular complexity index is 3670. The van der Waals surface area contributed by atoms with Crippen LogP contribution in [0.1, 0.15) is 132 Å². The zero-order chi connectivity index (χ0) is 62.5. The number of aromatic hydroxyl groups is 1. The molecule has 2 aromatic heterocycles. The molecule has 0 bridgehead atoms. The number of benzene rings is 6. The molecule has 0 amide bonds. The number of phenols is 1. The summed E-state index contributed by atoms with van der Waals surface area (Å²) in [6.07, 6.45) is 2.13. The first kappa shape index (κ1) is 24.5. The normalized spacial score (nSPS) is 18.7. The highest BCUT2D eigenvalue weighted by atomic mass is 16.3. The number of para-hydroxylation sites is 1. The van der Waals surface area contributed by atoms with Gasteiger partial charge >= 0.3 is 0 Å². The second-order valence-corrected chi connectivity index (χ2v) is 17.7. The topological polar surface area (TPSA) is 50.9 Å². The fourth-order valence-corrected chi connectivity index (χ4v) is 8.10. The molecule has 0 aliphatic carbocycles. The van der Waals surface area contributed by atoms with E-state index >= 15 is 0 Å². The largest absolute Gasteiger partial charge is 0.507 e. The molecule has 1 N–H and O–H groups in total. The minimum Gasteiger partial charge on any atom is -0.507 e. The molecule has 0 spiro atoms. The summed E-state index contributed by atoms with van der Waals surface area (Å²) in [7, 11) is 0. The molecule has 8 aromatic rings. The number of pyridine rings is 1. The molecule has 0 saturated carbocycles. The van der Waals surface area contributed by atoms with E-state index in [2.05, 4.69) is 0 Å². The fourth-order valence-electron chi connectivity index (χ4n) is 8.10. The number of hydrogen-bond donors (Lipinski definition) is 1. The van der Waals surface area contributed by atoms with Gasteiger partial charge in [-0.2, -0.15) is 0 Å². The molecule has 0 aliphatic rings. The van der Waals surface area contributed by atoms with Gasteiger partial charge in [-0.05, 0) is 128 Å². The van der Waals surface area contributed by atoms with Crippen molar-refractivity contribution >= 4 is 11.0 Å². The highest BCUT2D eigenvalue weighted by Crippen LogP contribution is 2.45. The lowest BCUT2D eigenvalue weighted by Crippen LogP contribution is -2.17. The lowest BCUT2D eigenvalue weighted by Gasteiger charge is -2.27. The molecule has 0 saturated heterocycles. The third-order valence-corrected chi connectivity index (χ3v) is 11.3. The summed E-state index contributed by atoms with van der Waals surface area (Å²) in [5.41, 5.74) is -4.30. The molecule has 6 aromatic carbocycles. The Labute approximate surface area is 405 Å². The van der Waals surface area contributed by atoms with Gasteiger partial charge in [0.25, 0.3) is 0 Å². The third kappa shape index (κ3) is 8.87. The van der Waals surface area contributed by atoms with Gasteiger partial charge in [-0.15, -0.1) is 0 Å². The average molecular weight is 851 g/mol. The minimum atomic E-state index is -4.15. The van der Waals surface area contributed by atoms with Gasteiger partial charge in [-0.25, -0.2) is 4.98 Å². The Morgan fingerprint density at radius 1 is 0.603 bits per heavy atom. The summed E-state index contributed by atoms with van der Waals surface area (Å²) < 4.78 is 183. The summed E-state index contributed by atoms with van der Waals surface area (Å²) in [5.74, 6) is -1.72. The number of imidazole rings is 1. The van der Waals surface area contributed by atoms with Gasteiger partial charge in [-0.3, -0.25) is 9.55 Å². The van der Waals surface area contributed by atoms with Crippen molar-refractivity contribution in [3.63, 3.8) is 0 Å². The quantitative estimate of drug-likeness (QED) is 0.166. The van der Waals surface area contributed by atoms with Gasteiger partial charge in [0, 0.05) is 57.4 Å². The number of nitrogens with zero attached hydrogens (tertiary/aromatic N) is 3. The van der Waals surface area contributed by atoms with Crippen molar-refractivity contribution in [3.05, 3.63) is 167 Å². The van der Waals surface area contributed by atoms with Crippen LogP contribution in [0, 0.1) is 12.8 Å². The molecule has 63 heavy (non-hydrogen) atoms. The van der Waals surface area contributed by atoms with Gasteiger partial charge in [0.2, 0.25) is 0 Å². The lowest BCUT2D eigenvalue weighted by atomic mass is 9.79.